The van der Waals surface area contributed by atoms with E-state index < -0.39 is 0 Å². The Labute approximate surface area is 124 Å². The predicted octanol–water partition coefficient (Wildman–Crippen LogP) is 3.54. The van der Waals surface area contributed by atoms with Gasteiger partial charge in [-0.05, 0) is 56.7 Å². The Morgan fingerprint density at radius 2 is 1.95 bits per heavy atom. The van der Waals surface area contributed by atoms with Gasteiger partial charge in [0.05, 0.1) is 12.2 Å². The van der Waals surface area contributed by atoms with Crippen molar-refractivity contribution in [3.05, 3.63) is 53.1 Å². The van der Waals surface area contributed by atoms with Crippen LogP contribution in [-0.2, 0) is 0 Å². The van der Waals surface area contributed by atoms with Gasteiger partial charge in [0.2, 0.25) is 0 Å². The number of nitrogens with two attached hydrogens (primary N) is 1. The molecule has 4 nitrogen and oxygen atoms in total. The molecule has 0 aliphatic rings. The van der Waals surface area contributed by atoms with Crippen LogP contribution in [0.3, 0.4) is 0 Å². The Bertz CT molecular complexity index is 666. The molecule has 0 saturated heterocycles. The van der Waals surface area contributed by atoms with E-state index in [-0.39, 0.29) is 5.91 Å². The summed E-state index contributed by atoms with van der Waals surface area (Å²) in [5, 5.41) is 2.89. The van der Waals surface area contributed by atoms with Crippen LogP contribution in [0.2, 0.25) is 0 Å². The molecule has 0 aromatic heterocycles. The molecule has 0 saturated carbocycles. The minimum atomic E-state index is -0.205. The molecule has 4 heteroatoms. The van der Waals surface area contributed by atoms with Crippen molar-refractivity contribution in [2.24, 2.45) is 0 Å². The Balaban J connectivity index is 2.21. The van der Waals surface area contributed by atoms with Crippen LogP contribution in [-0.4, -0.2) is 12.5 Å². The first-order valence-corrected chi connectivity index (χ1v) is 6.92. The number of carbonyl (C=O) groups is 1. The maximum atomic E-state index is 12.3. The highest BCUT2D eigenvalue weighted by Crippen LogP contribution is 2.23. The van der Waals surface area contributed by atoms with Gasteiger partial charge in [0.15, 0.2) is 0 Å². The van der Waals surface area contributed by atoms with E-state index in [0.29, 0.717) is 17.9 Å². The molecule has 110 valence electrons. The second-order valence-corrected chi connectivity index (χ2v) is 4.95. The Kier molecular flexibility index (Phi) is 4.48. The number of carbonyl (C=O) groups excluding carboxylic acids is 1. The molecular formula is C17H20N2O2. The summed E-state index contributed by atoms with van der Waals surface area (Å²) in [5.41, 5.74) is 9.52. The van der Waals surface area contributed by atoms with E-state index in [4.69, 9.17) is 10.5 Å². The lowest BCUT2D eigenvalue weighted by atomic mass is 10.1. The minimum Gasteiger partial charge on any atom is -0.494 e. The molecule has 0 fully saturated rings. The van der Waals surface area contributed by atoms with E-state index in [0.717, 1.165) is 22.6 Å². The smallest absolute Gasteiger partial charge is 0.257 e. The molecule has 0 heterocycles. The molecular weight excluding hydrogens is 264 g/mol. The number of hydrogen-bond donors (Lipinski definition) is 2. The van der Waals surface area contributed by atoms with Gasteiger partial charge >= 0.3 is 0 Å². The second kappa shape index (κ2) is 6.31. The predicted molar refractivity (Wildman–Crippen MR) is 85.9 cm³/mol. The Hall–Kier alpha value is -2.49. The van der Waals surface area contributed by atoms with E-state index in [9.17, 15) is 4.79 Å². The number of rotatable bonds is 4. The van der Waals surface area contributed by atoms with Crippen molar-refractivity contribution in [2.45, 2.75) is 20.8 Å². The summed E-state index contributed by atoms with van der Waals surface area (Å²) in [7, 11) is 0. The summed E-state index contributed by atoms with van der Waals surface area (Å²) in [6.45, 7) is 6.41. The van der Waals surface area contributed by atoms with Crippen molar-refractivity contribution in [1.29, 1.82) is 0 Å². The summed E-state index contributed by atoms with van der Waals surface area (Å²) in [5.74, 6) is 0.589. The van der Waals surface area contributed by atoms with Crippen LogP contribution in [0.15, 0.2) is 36.4 Å². The molecule has 0 bridgehead atoms. The van der Waals surface area contributed by atoms with E-state index in [1.807, 2.05) is 45.0 Å². The van der Waals surface area contributed by atoms with Crippen molar-refractivity contribution in [1.82, 2.24) is 0 Å². The zero-order valence-electron chi connectivity index (χ0n) is 12.6. The number of aryl methyl sites for hydroxylation is 2. The number of benzene rings is 2. The van der Waals surface area contributed by atoms with Crippen LogP contribution in [0.1, 0.15) is 28.4 Å². The maximum absolute atomic E-state index is 12.3. The standard InChI is InChI=1S/C17H20N2O2/c1-4-21-13-6-8-16(12(3)10-13)19-17(20)14-9-11(2)5-7-15(14)18/h5-10H,4,18H2,1-3H3,(H,19,20). The zero-order valence-corrected chi connectivity index (χ0v) is 12.6. The SMILES string of the molecule is CCOc1ccc(NC(=O)c2cc(C)ccc2N)c(C)c1. The number of anilines is 2. The summed E-state index contributed by atoms with van der Waals surface area (Å²) in [6.07, 6.45) is 0. The molecule has 0 unspecified atom stereocenters. The van der Waals surface area contributed by atoms with Gasteiger partial charge in [0, 0.05) is 11.4 Å². The van der Waals surface area contributed by atoms with E-state index in [1.165, 1.54) is 0 Å². The van der Waals surface area contributed by atoms with Gasteiger partial charge in [0.25, 0.3) is 5.91 Å². The summed E-state index contributed by atoms with van der Waals surface area (Å²) in [4.78, 5) is 12.3. The molecule has 2 rings (SSSR count). The largest absolute Gasteiger partial charge is 0.494 e. The summed E-state index contributed by atoms with van der Waals surface area (Å²) < 4.78 is 5.43. The Morgan fingerprint density at radius 3 is 2.62 bits per heavy atom. The normalized spacial score (nSPS) is 10.2. The van der Waals surface area contributed by atoms with Crippen LogP contribution in [0.4, 0.5) is 11.4 Å². The quantitative estimate of drug-likeness (QED) is 0.844. The second-order valence-electron chi connectivity index (χ2n) is 4.95. The lowest BCUT2D eigenvalue weighted by molar-refractivity contribution is 0.102. The first-order chi connectivity index (χ1) is 10.0. The van der Waals surface area contributed by atoms with Crippen LogP contribution in [0, 0.1) is 13.8 Å². The topological polar surface area (TPSA) is 64.3 Å². The zero-order chi connectivity index (χ0) is 15.4. The number of nitrogens with one attached hydrogen (secondary N) is 1. The van der Waals surface area contributed by atoms with Gasteiger partial charge < -0.3 is 15.8 Å². The lowest BCUT2D eigenvalue weighted by Gasteiger charge is -2.12. The van der Waals surface area contributed by atoms with Gasteiger partial charge in [-0.3, -0.25) is 4.79 Å². The fourth-order valence-electron chi connectivity index (χ4n) is 2.09. The molecule has 0 aliphatic carbocycles. The fraction of sp³-hybridized carbons (Fsp3) is 0.235. The maximum Gasteiger partial charge on any atom is 0.257 e. The monoisotopic (exact) mass is 284 g/mol. The van der Waals surface area contributed by atoms with E-state index >= 15 is 0 Å². The van der Waals surface area contributed by atoms with E-state index in [2.05, 4.69) is 5.32 Å². The van der Waals surface area contributed by atoms with Crippen molar-refractivity contribution < 1.29 is 9.53 Å². The van der Waals surface area contributed by atoms with Crippen molar-refractivity contribution in [3.8, 4) is 5.75 Å². The average Bonchev–Trinajstić information content (AvgIpc) is 2.44. The van der Waals surface area contributed by atoms with Gasteiger partial charge in [-0.15, -0.1) is 0 Å². The molecule has 2 aromatic rings. The summed E-state index contributed by atoms with van der Waals surface area (Å²) >= 11 is 0. The third kappa shape index (κ3) is 3.54. The van der Waals surface area contributed by atoms with Gasteiger partial charge in [-0.2, -0.15) is 0 Å². The first kappa shape index (κ1) is 14.9. The van der Waals surface area contributed by atoms with Crippen LogP contribution in [0.25, 0.3) is 0 Å². The molecule has 0 atom stereocenters. The third-order valence-corrected chi connectivity index (χ3v) is 3.21. The van der Waals surface area contributed by atoms with Crippen molar-refractivity contribution in [2.75, 3.05) is 17.7 Å². The number of hydrogen-bond acceptors (Lipinski definition) is 3. The van der Waals surface area contributed by atoms with Crippen molar-refractivity contribution >= 4 is 17.3 Å². The molecule has 3 N–H and O–H groups in total. The van der Waals surface area contributed by atoms with Gasteiger partial charge in [-0.25, -0.2) is 0 Å². The molecule has 0 radical (unpaired) electrons. The van der Waals surface area contributed by atoms with Crippen LogP contribution < -0.4 is 15.8 Å². The van der Waals surface area contributed by atoms with Crippen LogP contribution in [0.5, 0.6) is 5.75 Å². The van der Waals surface area contributed by atoms with Gasteiger partial charge in [-0.1, -0.05) is 11.6 Å². The molecule has 0 spiro atoms. The molecule has 21 heavy (non-hydrogen) atoms. The average molecular weight is 284 g/mol. The van der Waals surface area contributed by atoms with Gasteiger partial charge in [0.1, 0.15) is 5.75 Å². The highest BCUT2D eigenvalue weighted by Gasteiger charge is 2.11. The molecule has 2 aromatic carbocycles. The van der Waals surface area contributed by atoms with Crippen molar-refractivity contribution in [3.63, 3.8) is 0 Å². The number of ether oxygens (including phenoxy) is 1. The minimum absolute atomic E-state index is 0.205. The molecule has 0 aliphatic heterocycles. The van der Waals surface area contributed by atoms with Crippen LogP contribution >= 0.6 is 0 Å². The lowest BCUT2D eigenvalue weighted by Crippen LogP contribution is -2.15. The Morgan fingerprint density at radius 1 is 1.19 bits per heavy atom. The highest BCUT2D eigenvalue weighted by molar-refractivity contribution is 6.08. The number of nitrogen functional groups attached to an aromatic ring is 1. The highest BCUT2D eigenvalue weighted by atomic mass is 16.5. The van der Waals surface area contributed by atoms with E-state index in [1.54, 1.807) is 12.1 Å². The fourth-order valence-corrected chi connectivity index (χ4v) is 2.09. The molecule has 1 amide bonds. The first-order valence-electron chi connectivity index (χ1n) is 6.92. The number of amides is 1. The third-order valence-electron chi connectivity index (χ3n) is 3.21. The summed E-state index contributed by atoms with van der Waals surface area (Å²) in [6, 6.07) is 11.0.